The van der Waals surface area contributed by atoms with Crippen LogP contribution in [0.15, 0.2) is 30.3 Å². The van der Waals surface area contributed by atoms with Crippen molar-refractivity contribution in [3.8, 4) is 5.88 Å². The van der Waals surface area contributed by atoms with Crippen LogP contribution < -0.4 is 9.46 Å². The maximum absolute atomic E-state index is 11.7. The molecule has 0 aliphatic rings. The lowest BCUT2D eigenvalue weighted by Crippen LogP contribution is -2.25. The second-order valence-electron chi connectivity index (χ2n) is 4.48. The van der Waals surface area contributed by atoms with Crippen LogP contribution in [0, 0.1) is 0 Å². The Kier molecular flexibility index (Phi) is 4.57. The summed E-state index contributed by atoms with van der Waals surface area (Å²) in [6.07, 6.45) is 0.593. The quantitative estimate of drug-likeness (QED) is 0.885. The van der Waals surface area contributed by atoms with E-state index in [4.69, 9.17) is 4.74 Å². The predicted octanol–water partition coefficient (Wildman–Crippen LogP) is 2.07. The lowest BCUT2D eigenvalue weighted by molar-refractivity contribution is 0.399. The Morgan fingerprint density at radius 1 is 1.30 bits per heavy atom. The molecule has 2 aromatic rings. The van der Waals surface area contributed by atoms with E-state index in [0.717, 1.165) is 16.5 Å². The zero-order chi connectivity index (χ0) is 14.6. The largest absolute Gasteiger partial charge is 0.481 e. The van der Waals surface area contributed by atoms with E-state index in [0.29, 0.717) is 12.3 Å². The van der Waals surface area contributed by atoms with Gasteiger partial charge in [0, 0.05) is 18.0 Å². The van der Waals surface area contributed by atoms with E-state index < -0.39 is 10.0 Å². The molecule has 20 heavy (non-hydrogen) atoms. The molecule has 0 saturated carbocycles. The molecule has 0 radical (unpaired) electrons. The van der Waals surface area contributed by atoms with Gasteiger partial charge in [0.1, 0.15) is 0 Å². The third-order valence-electron chi connectivity index (χ3n) is 2.94. The number of benzene rings is 1. The minimum absolute atomic E-state index is 0.132. The van der Waals surface area contributed by atoms with Gasteiger partial charge in [0.05, 0.1) is 18.4 Å². The molecule has 108 valence electrons. The molecular formula is C14H18N2O3S. The molecule has 5 nitrogen and oxygen atoms in total. The van der Waals surface area contributed by atoms with Gasteiger partial charge in [-0.1, -0.05) is 25.1 Å². The molecular weight excluding hydrogens is 276 g/mol. The van der Waals surface area contributed by atoms with Crippen molar-refractivity contribution in [1.82, 2.24) is 9.71 Å². The number of aromatic nitrogens is 1. The summed E-state index contributed by atoms with van der Waals surface area (Å²) in [6.45, 7) is 2.08. The molecule has 0 fully saturated rings. The fourth-order valence-corrected chi connectivity index (χ4v) is 3.06. The first kappa shape index (κ1) is 14.7. The average Bonchev–Trinajstić information content (AvgIpc) is 2.44. The number of fused-ring (bicyclic) bond motifs is 1. The summed E-state index contributed by atoms with van der Waals surface area (Å²) in [4.78, 5) is 4.34. The standard InChI is InChI=1S/C14H18N2O3S/c1-3-8-20(17,18)15-10-11-9-14(19-2)16-13-7-5-4-6-12(11)13/h4-7,9,15H,3,8,10H2,1-2H3. The van der Waals surface area contributed by atoms with Crippen molar-refractivity contribution >= 4 is 20.9 Å². The molecule has 2 rings (SSSR count). The molecule has 0 unspecified atom stereocenters. The van der Waals surface area contributed by atoms with Crippen LogP contribution in [-0.2, 0) is 16.6 Å². The summed E-state index contributed by atoms with van der Waals surface area (Å²) >= 11 is 0. The predicted molar refractivity (Wildman–Crippen MR) is 79.2 cm³/mol. The number of rotatable bonds is 6. The minimum atomic E-state index is -3.23. The van der Waals surface area contributed by atoms with Gasteiger partial charge in [-0.15, -0.1) is 0 Å². The molecule has 0 bridgehead atoms. The van der Waals surface area contributed by atoms with E-state index >= 15 is 0 Å². The zero-order valence-electron chi connectivity index (χ0n) is 11.6. The number of nitrogens with zero attached hydrogens (tertiary/aromatic N) is 1. The van der Waals surface area contributed by atoms with Gasteiger partial charge >= 0.3 is 0 Å². The van der Waals surface area contributed by atoms with Gasteiger partial charge in [-0.05, 0) is 18.1 Å². The van der Waals surface area contributed by atoms with E-state index in [1.54, 1.807) is 13.2 Å². The number of sulfonamides is 1. The zero-order valence-corrected chi connectivity index (χ0v) is 12.4. The third kappa shape index (κ3) is 3.46. The van der Waals surface area contributed by atoms with Crippen molar-refractivity contribution in [3.05, 3.63) is 35.9 Å². The summed E-state index contributed by atoms with van der Waals surface area (Å²) in [5, 5.41) is 0.924. The first-order valence-corrected chi connectivity index (χ1v) is 8.11. The molecule has 1 aromatic heterocycles. The summed E-state index contributed by atoms with van der Waals surface area (Å²) in [6, 6.07) is 9.35. The van der Waals surface area contributed by atoms with Crippen LogP contribution in [0.1, 0.15) is 18.9 Å². The van der Waals surface area contributed by atoms with Crippen LogP contribution >= 0.6 is 0 Å². The Morgan fingerprint density at radius 2 is 2.05 bits per heavy atom. The number of nitrogens with one attached hydrogen (secondary N) is 1. The van der Waals surface area contributed by atoms with Crippen molar-refractivity contribution in [2.24, 2.45) is 0 Å². The third-order valence-corrected chi connectivity index (χ3v) is 4.47. The highest BCUT2D eigenvalue weighted by atomic mass is 32.2. The van der Waals surface area contributed by atoms with E-state index in [9.17, 15) is 8.42 Å². The molecule has 0 aliphatic carbocycles. The lowest BCUT2D eigenvalue weighted by Gasteiger charge is -2.10. The van der Waals surface area contributed by atoms with E-state index in [2.05, 4.69) is 9.71 Å². The Hall–Kier alpha value is -1.66. The van der Waals surface area contributed by atoms with Crippen molar-refractivity contribution in [2.45, 2.75) is 19.9 Å². The highest BCUT2D eigenvalue weighted by Gasteiger charge is 2.11. The normalized spacial score (nSPS) is 11.7. The van der Waals surface area contributed by atoms with Crippen molar-refractivity contribution in [3.63, 3.8) is 0 Å². The second-order valence-corrected chi connectivity index (χ2v) is 6.41. The molecule has 0 amide bonds. The molecule has 1 N–H and O–H groups in total. The average molecular weight is 294 g/mol. The number of ether oxygens (including phenoxy) is 1. The topological polar surface area (TPSA) is 68.3 Å². The van der Waals surface area contributed by atoms with Gasteiger partial charge in [-0.3, -0.25) is 0 Å². The molecule has 6 heteroatoms. The first-order chi connectivity index (χ1) is 9.55. The van der Waals surface area contributed by atoms with E-state index in [1.807, 2.05) is 31.2 Å². The summed E-state index contributed by atoms with van der Waals surface area (Å²) in [7, 11) is -1.69. The molecule has 0 spiro atoms. The second kappa shape index (κ2) is 6.19. The van der Waals surface area contributed by atoms with Gasteiger partial charge in [0.15, 0.2) is 0 Å². The highest BCUT2D eigenvalue weighted by molar-refractivity contribution is 7.89. The van der Waals surface area contributed by atoms with Crippen LogP contribution in [0.2, 0.25) is 0 Å². The van der Waals surface area contributed by atoms with Crippen molar-refractivity contribution in [2.75, 3.05) is 12.9 Å². The molecule has 0 atom stereocenters. The molecule has 0 aliphatic heterocycles. The van der Waals surface area contributed by atoms with Crippen molar-refractivity contribution in [1.29, 1.82) is 0 Å². The fraction of sp³-hybridized carbons (Fsp3) is 0.357. The van der Waals surface area contributed by atoms with Crippen LogP contribution in [0.4, 0.5) is 0 Å². The Morgan fingerprint density at radius 3 is 2.75 bits per heavy atom. The molecule has 0 saturated heterocycles. The molecule has 1 aromatic carbocycles. The monoisotopic (exact) mass is 294 g/mol. The highest BCUT2D eigenvalue weighted by Crippen LogP contribution is 2.21. The number of pyridine rings is 1. The van der Waals surface area contributed by atoms with Crippen molar-refractivity contribution < 1.29 is 13.2 Å². The Bertz CT molecular complexity index is 699. The maximum Gasteiger partial charge on any atom is 0.213 e. The van der Waals surface area contributed by atoms with Crippen LogP contribution in [-0.4, -0.2) is 26.3 Å². The number of para-hydroxylation sites is 1. The van der Waals surface area contributed by atoms with E-state index in [1.165, 1.54) is 0 Å². The van der Waals surface area contributed by atoms with Gasteiger partial charge in [0.2, 0.25) is 15.9 Å². The van der Waals surface area contributed by atoms with Gasteiger partial charge in [0.25, 0.3) is 0 Å². The SMILES string of the molecule is CCCS(=O)(=O)NCc1cc(OC)nc2ccccc12. The Labute approximate surface area is 119 Å². The molecule has 1 heterocycles. The van der Waals surface area contributed by atoms with Crippen LogP contribution in [0.3, 0.4) is 0 Å². The maximum atomic E-state index is 11.7. The van der Waals surface area contributed by atoms with Gasteiger partial charge in [-0.2, -0.15) is 0 Å². The van der Waals surface area contributed by atoms with Gasteiger partial charge < -0.3 is 4.74 Å². The van der Waals surface area contributed by atoms with E-state index in [-0.39, 0.29) is 12.3 Å². The smallest absolute Gasteiger partial charge is 0.213 e. The Balaban J connectivity index is 2.33. The number of hydrogen-bond acceptors (Lipinski definition) is 4. The summed E-state index contributed by atoms with van der Waals surface area (Å²) in [5.41, 5.74) is 1.64. The minimum Gasteiger partial charge on any atom is -0.481 e. The number of hydrogen-bond donors (Lipinski definition) is 1. The summed E-state index contributed by atoms with van der Waals surface area (Å²) in [5.74, 6) is 0.612. The first-order valence-electron chi connectivity index (χ1n) is 6.45. The van der Waals surface area contributed by atoms with Gasteiger partial charge in [-0.25, -0.2) is 18.1 Å². The summed E-state index contributed by atoms with van der Waals surface area (Å²) < 4.78 is 31.2. The van der Waals surface area contributed by atoms with Crippen LogP contribution in [0.5, 0.6) is 5.88 Å². The fourth-order valence-electron chi connectivity index (χ4n) is 2.00. The van der Waals surface area contributed by atoms with Crippen LogP contribution in [0.25, 0.3) is 10.9 Å². The number of methoxy groups -OCH3 is 1. The lowest BCUT2D eigenvalue weighted by atomic mass is 10.1.